The van der Waals surface area contributed by atoms with Gasteiger partial charge in [0.1, 0.15) is 16.8 Å². The minimum absolute atomic E-state index is 0.117. The van der Waals surface area contributed by atoms with E-state index in [-0.39, 0.29) is 17.7 Å². The van der Waals surface area contributed by atoms with Crippen molar-refractivity contribution in [2.45, 2.75) is 19.9 Å². The number of nitriles is 1. The number of hydrogen-bond acceptors (Lipinski definition) is 6. The molecule has 0 saturated heterocycles. The van der Waals surface area contributed by atoms with E-state index in [1.54, 1.807) is 36.1 Å². The third-order valence-corrected chi connectivity index (χ3v) is 5.36. The van der Waals surface area contributed by atoms with Crippen LogP contribution in [0.1, 0.15) is 28.5 Å². The molecule has 144 valence electrons. The molecule has 0 unspecified atom stereocenters. The molecule has 0 saturated carbocycles. The van der Waals surface area contributed by atoms with Crippen molar-refractivity contribution in [3.8, 4) is 11.8 Å². The fourth-order valence-electron chi connectivity index (χ4n) is 2.93. The molecule has 3 rings (SSSR count). The largest absolute Gasteiger partial charge is 0.508 e. The summed E-state index contributed by atoms with van der Waals surface area (Å²) in [5.74, 6) is -0.257. The maximum Gasteiger partial charge on any atom is 0.410 e. The molecule has 1 aromatic heterocycles. The van der Waals surface area contributed by atoms with Gasteiger partial charge in [-0.15, -0.1) is 11.3 Å². The maximum atomic E-state index is 12.3. The zero-order chi connectivity index (χ0) is 20.1. The Morgan fingerprint density at radius 1 is 1.46 bits per heavy atom. The lowest BCUT2D eigenvalue weighted by Crippen LogP contribution is -2.35. The number of thiophene rings is 1. The van der Waals surface area contributed by atoms with Crippen molar-refractivity contribution in [2.24, 2.45) is 0 Å². The fourth-order valence-corrected chi connectivity index (χ4v) is 4.15. The van der Waals surface area contributed by atoms with Crippen LogP contribution < -0.4 is 5.32 Å². The Balaban J connectivity index is 1.74. The quantitative estimate of drug-likeness (QED) is 0.769. The number of anilines is 1. The van der Waals surface area contributed by atoms with Crippen molar-refractivity contribution in [3.63, 3.8) is 0 Å². The summed E-state index contributed by atoms with van der Waals surface area (Å²) in [6.07, 6.45) is 3.10. The molecule has 2 aromatic rings. The first-order chi connectivity index (χ1) is 13.5. The molecule has 2 heterocycles. The third kappa shape index (κ3) is 4.32. The second-order valence-electron chi connectivity index (χ2n) is 6.11. The van der Waals surface area contributed by atoms with Crippen LogP contribution in [0.3, 0.4) is 0 Å². The third-order valence-electron chi connectivity index (χ3n) is 4.23. The van der Waals surface area contributed by atoms with Crippen molar-refractivity contribution < 1.29 is 19.4 Å². The highest BCUT2D eigenvalue weighted by molar-refractivity contribution is 7.16. The number of benzene rings is 1. The summed E-state index contributed by atoms with van der Waals surface area (Å²) >= 11 is 1.30. The van der Waals surface area contributed by atoms with E-state index in [4.69, 9.17) is 4.74 Å². The van der Waals surface area contributed by atoms with E-state index >= 15 is 0 Å². The highest BCUT2D eigenvalue weighted by Crippen LogP contribution is 2.36. The molecule has 0 fully saturated rings. The SMILES string of the molecule is CCOC(=O)N1CCc2c(sc(NC(=O)/C=C/c3cccc(O)c3)c2C#N)C1. The molecule has 0 radical (unpaired) electrons. The van der Waals surface area contributed by atoms with E-state index in [9.17, 15) is 20.0 Å². The van der Waals surface area contributed by atoms with Gasteiger partial charge in [-0.1, -0.05) is 12.1 Å². The normalized spacial score (nSPS) is 13.1. The molecule has 1 aliphatic rings. The maximum absolute atomic E-state index is 12.3. The van der Waals surface area contributed by atoms with Gasteiger partial charge in [-0.3, -0.25) is 4.79 Å². The van der Waals surface area contributed by atoms with E-state index in [2.05, 4.69) is 11.4 Å². The molecule has 2 N–H and O–H groups in total. The van der Waals surface area contributed by atoms with Gasteiger partial charge in [-0.25, -0.2) is 4.79 Å². The van der Waals surface area contributed by atoms with Gasteiger partial charge in [0.2, 0.25) is 5.91 Å². The standard InChI is InChI=1S/C20H19N3O4S/c1-2-27-20(26)23-9-8-15-16(11-21)19(28-17(15)12-23)22-18(25)7-6-13-4-3-5-14(24)10-13/h3-7,10,24H,2,8-9,12H2,1H3,(H,22,25)/b7-6+. The summed E-state index contributed by atoms with van der Waals surface area (Å²) in [7, 11) is 0. The average molecular weight is 397 g/mol. The monoisotopic (exact) mass is 397 g/mol. The molecule has 0 aliphatic carbocycles. The van der Waals surface area contributed by atoms with Gasteiger partial charge in [0, 0.05) is 17.5 Å². The van der Waals surface area contributed by atoms with Crippen LogP contribution in [0.25, 0.3) is 6.08 Å². The van der Waals surface area contributed by atoms with E-state index in [0.717, 1.165) is 10.4 Å². The first kappa shape index (κ1) is 19.5. The summed E-state index contributed by atoms with van der Waals surface area (Å²) < 4.78 is 5.04. The minimum atomic E-state index is -0.375. The average Bonchev–Trinajstić information content (AvgIpc) is 3.02. The fraction of sp³-hybridized carbons (Fsp3) is 0.250. The zero-order valence-electron chi connectivity index (χ0n) is 15.3. The predicted octanol–water partition coefficient (Wildman–Crippen LogP) is 3.49. The van der Waals surface area contributed by atoms with Crippen LogP contribution >= 0.6 is 11.3 Å². The molecule has 0 atom stereocenters. The molecule has 1 aromatic carbocycles. The van der Waals surface area contributed by atoms with Gasteiger partial charge in [0.15, 0.2) is 0 Å². The Labute approximate surface area is 166 Å². The summed E-state index contributed by atoms with van der Waals surface area (Å²) in [6.45, 7) is 2.90. The Hall–Kier alpha value is -3.31. The van der Waals surface area contributed by atoms with E-state index in [0.29, 0.717) is 42.2 Å². The first-order valence-corrected chi connectivity index (χ1v) is 9.58. The van der Waals surface area contributed by atoms with Crippen molar-refractivity contribution in [2.75, 3.05) is 18.5 Å². The molecular weight excluding hydrogens is 378 g/mol. The van der Waals surface area contributed by atoms with Gasteiger partial charge in [-0.05, 0) is 42.7 Å². The van der Waals surface area contributed by atoms with Gasteiger partial charge in [-0.2, -0.15) is 5.26 Å². The van der Waals surface area contributed by atoms with Gasteiger partial charge in [0.25, 0.3) is 0 Å². The van der Waals surface area contributed by atoms with E-state index in [1.807, 2.05) is 0 Å². The molecule has 7 nitrogen and oxygen atoms in total. The first-order valence-electron chi connectivity index (χ1n) is 8.76. The van der Waals surface area contributed by atoms with E-state index in [1.165, 1.54) is 23.5 Å². The number of fused-ring (bicyclic) bond motifs is 1. The van der Waals surface area contributed by atoms with Crippen LogP contribution in [0, 0.1) is 11.3 Å². The minimum Gasteiger partial charge on any atom is -0.508 e. The Bertz CT molecular complexity index is 974. The van der Waals surface area contributed by atoms with Crippen LogP contribution in [-0.4, -0.2) is 35.2 Å². The second-order valence-corrected chi connectivity index (χ2v) is 7.21. The number of carbonyl (C=O) groups excluding carboxylic acids is 2. The van der Waals surface area contributed by atoms with Gasteiger partial charge < -0.3 is 20.1 Å². The number of carbonyl (C=O) groups is 2. The van der Waals surface area contributed by atoms with Crippen LogP contribution in [-0.2, 0) is 22.5 Å². The molecular formula is C20H19N3O4S. The summed E-state index contributed by atoms with van der Waals surface area (Å²) in [6, 6.07) is 8.70. The Morgan fingerprint density at radius 3 is 3.00 bits per heavy atom. The number of nitrogens with zero attached hydrogens (tertiary/aromatic N) is 2. The topological polar surface area (TPSA) is 103 Å². The zero-order valence-corrected chi connectivity index (χ0v) is 16.1. The number of aromatic hydroxyl groups is 1. The van der Waals surface area contributed by atoms with Crippen molar-refractivity contribution in [1.82, 2.24) is 4.90 Å². The number of nitrogens with one attached hydrogen (secondary N) is 1. The smallest absolute Gasteiger partial charge is 0.410 e. The summed E-state index contributed by atoms with van der Waals surface area (Å²) in [4.78, 5) is 26.7. The van der Waals surface area contributed by atoms with Crippen LogP contribution in [0.15, 0.2) is 30.3 Å². The summed E-state index contributed by atoms with van der Waals surface area (Å²) in [5.41, 5.74) is 2.01. The number of phenolic OH excluding ortho intramolecular Hbond substituents is 1. The van der Waals surface area contributed by atoms with Crippen LogP contribution in [0.5, 0.6) is 5.75 Å². The summed E-state index contributed by atoms with van der Waals surface area (Å²) in [5, 5.41) is 22.2. The van der Waals surface area contributed by atoms with Gasteiger partial charge >= 0.3 is 6.09 Å². The highest BCUT2D eigenvalue weighted by Gasteiger charge is 2.27. The van der Waals surface area contributed by atoms with Gasteiger partial charge in [0.05, 0.1) is 18.7 Å². The van der Waals surface area contributed by atoms with Crippen LogP contribution in [0.2, 0.25) is 0 Å². The predicted molar refractivity (Wildman–Crippen MR) is 106 cm³/mol. The second kappa shape index (κ2) is 8.59. The Kier molecular flexibility index (Phi) is 5.96. The molecule has 1 aliphatic heterocycles. The number of hydrogen-bond donors (Lipinski definition) is 2. The molecule has 0 bridgehead atoms. The molecule has 2 amide bonds. The van der Waals surface area contributed by atoms with Crippen molar-refractivity contribution in [3.05, 3.63) is 51.9 Å². The molecule has 8 heteroatoms. The lowest BCUT2D eigenvalue weighted by molar-refractivity contribution is -0.111. The molecule has 0 spiro atoms. The number of amides is 2. The highest BCUT2D eigenvalue weighted by atomic mass is 32.1. The lowest BCUT2D eigenvalue weighted by atomic mass is 10.0. The van der Waals surface area contributed by atoms with Crippen molar-refractivity contribution >= 4 is 34.4 Å². The van der Waals surface area contributed by atoms with Crippen molar-refractivity contribution in [1.29, 1.82) is 5.26 Å². The van der Waals surface area contributed by atoms with E-state index < -0.39 is 0 Å². The Morgan fingerprint density at radius 2 is 2.29 bits per heavy atom. The molecule has 28 heavy (non-hydrogen) atoms. The number of ether oxygens (including phenoxy) is 1. The number of phenols is 1. The number of rotatable bonds is 4. The van der Waals surface area contributed by atoms with Crippen LogP contribution in [0.4, 0.5) is 9.80 Å². The lowest BCUT2D eigenvalue weighted by Gasteiger charge is -2.25.